The molecule has 0 aromatic carbocycles. The maximum Gasteiger partial charge on any atom is 0.339 e. The molecule has 0 bridgehead atoms. The lowest BCUT2D eigenvalue weighted by molar-refractivity contribution is -0.115. The van der Waals surface area contributed by atoms with Gasteiger partial charge in [-0.3, -0.25) is 4.79 Å². The quantitative estimate of drug-likeness (QED) is 0.681. The van der Waals surface area contributed by atoms with Crippen LogP contribution in [0.2, 0.25) is 0 Å². The molecule has 1 aliphatic rings. The molecule has 1 saturated carbocycles. The maximum absolute atomic E-state index is 11.7. The van der Waals surface area contributed by atoms with Crippen molar-refractivity contribution in [2.24, 2.45) is 0 Å². The number of ether oxygens (including phenoxy) is 1. The molecule has 0 spiro atoms. The molecule has 0 radical (unpaired) electrons. The molecule has 19 heavy (non-hydrogen) atoms. The van der Waals surface area contributed by atoms with E-state index in [2.05, 4.69) is 26.2 Å². The number of aromatic nitrogens is 1. The number of hydrogen-bond donors (Lipinski definition) is 1. The van der Waals surface area contributed by atoms with Gasteiger partial charge >= 0.3 is 5.97 Å². The average molecular weight is 327 g/mol. The zero-order chi connectivity index (χ0) is 13.8. The molecule has 1 aliphatic carbocycles. The number of anilines is 1. The van der Waals surface area contributed by atoms with E-state index in [0.717, 1.165) is 19.3 Å². The van der Waals surface area contributed by atoms with Gasteiger partial charge in [0, 0.05) is 6.20 Å². The van der Waals surface area contributed by atoms with Crippen LogP contribution in [-0.4, -0.2) is 27.8 Å². The summed E-state index contributed by atoms with van der Waals surface area (Å²) >= 11 is 3.16. The largest absolute Gasteiger partial charge is 0.459 e. The monoisotopic (exact) mass is 326 g/mol. The second-order valence-corrected chi connectivity index (χ2v) is 5.87. The molecule has 1 fully saturated rings. The van der Waals surface area contributed by atoms with Crippen molar-refractivity contribution in [3.8, 4) is 0 Å². The number of carbonyl (C=O) groups excluding carboxylic acids is 2. The normalized spacial score (nSPS) is 16.3. The van der Waals surface area contributed by atoms with Crippen molar-refractivity contribution >= 4 is 33.6 Å². The zero-order valence-electron chi connectivity index (χ0n) is 10.6. The van der Waals surface area contributed by atoms with E-state index >= 15 is 0 Å². The van der Waals surface area contributed by atoms with Crippen molar-refractivity contribution in [1.82, 2.24) is 4.98 Å². The van der Waals surface area contributed by atoms with Crippen LogP contribution in [-0.2, 0) is 9.53 Å². The molecule has 5 nitrogen and oxygen atoms in total. The van der Waals surface area contributed by atoms with Gasteiger partial charge in [0.1, 0.15) is 11.9 Å². The van der Waals surface area contributed by atoms with Crippen molar-refractivity contribution in [1.29, 1.82) is 0 Å². The molecule has 102 valence electrons. The lowest BCUT2D eigenvalue weighted by Gasteiger charge is -2.25. The smallest absolute Gasteiger partial charge is 0.339 e. The van der Waals surface area contributed by atoms with Gasteiger partial charge in [0.05, 0.1) is 10.4 Å². The summed E-state index contributed by atoms with van der Waals surface area (Å²) in [6.45, 7) is 1.72. The number of esters is 1. The Bertz CT molecular complexity index is 469. The molecule has 1 aromatic heterocycles. The first kappa shape index (κ1) is 14.0. The topological polar surface area (TPSA) is 68.3 Å². The third kappa shape index (κ3) is 3.76. The van der Waals surface area contributed by atoms with E-state index in [1.165, 1.54) is 6.20 Å². The maximum atomic E-state index is 11.7. The van der Waals surface area contributed by atoms with Gasteiger partial charge in [0.25, 0.3) is 0 Å². The van der Waals surface area contributed by atoms with Crippen LogP contribution in [0.25, 0.3) is 0 Å². The number of alkyl halides is 1. The first-order chi connectivity index (χ1) is 9.06. The van der Waals surface area contributed by atoms with Crippen LogP contribution in [0.4, 0.5) is 5.82 Å². The molecule has 6 heteroatoms. The molecule has 1 unspecified atom stereocenters. The van der Waals surface area contributed by atoms with E-state index in [0.29, 0.717) is 11.4 Å². The van der Waals surface area contributed by atoms with Gasteiger partial charge in [0.2, 0.25) is 5.91 Å². The lowest BCUT2D eigenvalue weighted by atomic mass is 9.96. The number of halogens is 1. The predicted molar refractivity (Wildman–Crippen MR) is 74.3 cm³/mol. The Morgan fingerprint density at radius 3 is 2.68 bits per heavy atom. The summed E-state index contributed by atoms with van der Waals surface area (Å²) < 4.78 is 5.26. The molecular formula is C13H15BrN2O3. The van der Waals surface area contributed by atoms with Crippen LogP contribution in [0.15, 0.2) is 18.3 Å². The summed E-state index contributed by atoms with van der Waals surface area (Å²) in [5, 5.41) is 2.62. The minimum Gasteiger partial charge on any atom is -0.459 e. The van der Waals surface area contributed by atoms with Crippen LogP contribution in [0.5, 0.6) is 0 Å². The fraction of sp³-hybridized carbons (Fsp3) is 0.462. The Morgan fingerprint density at radius 1 is 1.47 bits per heavy atom. The highest BCUT2D eigenvalue weighted by molar-refractivity contribution is 9.10. The van der Waals surface area contributed by atoms with E-state index < -0.39 is 0 Å². The second-order valence-electron chi connectivity index (χ2n) is 4.50. The van der Waals surface area contributed by atoms with Gasteiger partial charge in [-0.1, -0.05) is 15.9 Å². The van der Waals surface area contributed by atoms with Crippen molar-refractivity contribution in [3.05, 3.63) is 23.9 Å². The summed E-state index contributed by atoms with van der Waals surface area (Å²) in [4.78, 5) is 26.9. The Balaban J connectivity index is 1.93. The fourth-order valence-corrected chi connectivity index (χ4v) is 1.64. The number of carbonyl (C=O) groups is 2. The zero-order valence-corrected chi connectivity index (χ0v) is 12.1. The third-order valence-electron chi connectivity index (χ3n) is 2.94. The molecular weight excluding hydrogens is 312 g/mol. The van der Waals surface area contributed by atoms with E-state index in [4.69, 9.17) is 4.74 Å². The van der Waals surface area contributed by atoms with Crippen LogP contribution in [0, 0.1) is 0 Å². The summed E-state index contributed by atoms with van der Waals surface area (Å²) in [6, 6.07) is 3.19. The lowest BCUT2D eigenvalue weighted by Crippen LogP contribution is -2.25. The van der Waals surface area contributed by atoms with Crippen molar-refractivity contribution < 1.29 is 14.3 Å². The summed E-state index contributed by atoms with van der Waals surface area (Å²) in [5.74, 6) is -0.127. The summed E-state index contributed by atoms with van der Waals surface area (Å²) in [7, 11) is 0. The average Bonchev–Trinajstić information content (AvgIpc) is 2.34. The van der Waals surface area contributed by atoms with E-state index in [1.54, 1.807) is 19.1 Å². The van der Waals surface area contributed by atoms with Gasteiger partial charge < -0.3 is 10.1 Å². The number of hydrogen-bond acceptors (Lipinski definition) is 4. The van der Waals surface area contributed by atoms with E-state index in [9.17, 15) is 9.59 Å². The highest BCUT2D eigenvalue weighted by Crippen LogP contribution is 2.23. The predicted octanol–water partition coefficient (Wildman–Crippen LogP) is 2.51. The fourth-order valence-electron chi connectivity index (χ4n) is 1.52. The number of rotatable bonds is 4. The summed E-state index contributed by atoms with van der Waals surface area (Å²) in [5.41, 5.74) is 0.400. The Kier molecular flexibility index (Phi) is 4.52. The highest BCUT2D eigenvalue weighted by atomic mass is 79.9. The Morgan fingerprint density at radius 2 is 2.21 bits per heavy atom. The molecule has 1 aromatic rings. The minimum atomic E-state index is -0.357. The van der Waals surface area contributed by atoms with Gasteiger partial charge in [-0.05, 0) is 38.3 Å². The molecule has 1 N–H and O–H groups in total. The number of nitrogens with zero attached hydrogens (tertiary/aromatic N) is 1. The van der Waals surface area contributed by atoms with Crippen LogP contribution < -0.4 is 5.32 Å². The molecule has 0 aliphatic heterocycles. The van der Waals surface area contributed by atoms with Gasteiger partial charge in [-0.15, -0.1) is 0 Å². The van der Waals surface area contributed by atoms with Crippen LogP contribution in [0.1, 0.15) is 36.5 Å². The van der Waals surface area contributed by atoms with Crippen molar-refractivity contribution in [2.75, 3.05) is 5.32 Å². The molecule has 0 saturated heterocycles. The molecule has 1 heterocycles. The van der Waals surface area contributed by atoms with E-state index in [1.807, 2.05) is 0 Å². The molecule has 2 rings (SSSR count). The van der Waals surface area contributed by atoms with Crippen LogP contribution >= 0.6 is 15.9 Å². The Labute approximate surface area is 119 Å². The SMILES string of the molecule is CC(Br)C(=O)Nc1ccc(C(=O)OC2CCC2)cn1. The highest BCUT2D eigenvalue weighted by Gasteiger charge is 2.22. The first-order valence-electron chi connectivity index (χ1n) is 6.18. The van der Waals surface area contributed by atoms with Crippen LogP contribution in [0.3, 0.4) is 0 Å². The number of amides is 1. The van der Waals surface area contributed by atoms with Crippen molar-refractivity contribution in [2.45, 2.75) is 37.1 Å². The van der Waals surface area contributed by atoms with Crippen molar-refractivity contribution in [3.63, 3.8) is 0 Å². The Hall–Kier alpha value is -1.43. The second kappa shape index (κ2) is 6.14. The molecule has 1 amide bonds. The van der Waals surface area contributed by atoms with Gasteiger partial charge in [-0.25, -0.2) is 9.78 Å². The minimum absolute atomic E-state index is 0.0566. The van der Waals surface area contributed by atoms with Gasteiger partial charge in [0.15, 0.2) is 0 Å². The first-order valence-corrected chi connectivity index (χ1v) is 7.10. The van der Waals surface area contributed by atoms with Gasteiger partial charge in [-0.2, -0.15) is 0 Å². The third-order valence-corrected chi connectivity index (χ3v) is 3.35. The number of pyridine rings is 1. The molecule has 1 atom stereocenters. The van der Waals surface area contributed by atoms with E-state index in [-0.39, 0.29) is 22.8 Å². The standard InChI is InChI=1S/C13H15BrN2O3/c1-8(14)12(17)16-11-6-5-9(7-15-11)13(18)19-10-3-2-4-10/h5-8,10H,2-4H2,1H3,(H,15,16,17). The summed E-state index contributed by atoms with van der Waals surface area (Å²) in [6.07, 6.45) is 4.47. The number of nitrogens with one attached hydrogen (secondary N) is 1.